The molecule has 0 rings (SSSR count). The lowest BCUT2D eigenvalue weighted by Gasteiger charge is -2.20. The molecule has 0 aliphatic rings. The van der Waals surface area contributed by atoms with Crippen molar-refractivity contribution in [1.29, 1.82) is 0 Å². The summed E-state index contributed by atoms with van der Waals surface area (Å²) in [5.41, 5.74) is 5.71. The second-order valence-electron chi connectivity index (χ2n) is 5.29. The van der Waals surface area contributed by atoms with E-state index in [0.717, 1.165) is 12.8 Å². The average molecular weight is 307 g/mol. The smallest absolute Gasteiger partial charge is 0.237 e. The first-order valence-corrected chi connectivity index (χ1v) is 8.38. The molecule has 0 aromatic heterocycles. The Morgan fingerprint density at radius 3 is 1.86 bits per heavy atom. The largest absolute Gasteiger partial charge is 0.345 e. The number of Topliss-reactive ketones (excluding diaryl/α,β-unsaturated/α-hetero) is 1. The number of unbranched alkanes of at least 4 members (excludes halogenated alkanes) is 1. The number of nitrogens with two attached hydrogens (primary N) is 1. The minimum Gasteiger partial charge on any atom is -0.345 e. The maximum atomic E-state index is 11.7. The average Bonchev–Trinajstić information content (AvgIpc) is 2.44. The molecular weight excluding hydrogens is 264 g/mol. The lowest BCUT2D eigenvalue weighted by molar-refractivity contribution is -0.128. The van der Waals surface area contributed by atoms with Crippen molar-refractivity contribution in [3.8, 4) is 0 Å². The Morgan fingerprint density at radius 2 is 1.57 bits per heavy atom. The van der Waals surface area contributed by atoms with Crippen LogP contribution in [0.2, 0.25) is 0 Å². The van der Waals surface area contributed by atoms with Gasteiger partial charge in [-0.15, -0.1) is 0 Å². The summed E-state index contributed by atoms with van der Waals surface area (Å²) in [6.45, 7) is 15.6. The highest BCUT2D eigenvalue weighted by atomic mass is 16.2. The molecule has 0 aromatic rings. The second kappa shape index (κ2) is 17.2. The first kappa shape index (κ1) is 25.1. The van der Waals surface area contributed by atoms with Gasteiger partial charge in [-0.25, -0.2) is 0 Å². The molecule has 0 heterocycles. The van der Waals surface area contributed by atoms with Crippen molar-refractivity contribution < 1.29 is 12.4 Å². The van der Waals surface area contributed by atoms with E-state index in [-0.39, 0.29) is 26.5 Å². The SMILES string of the molecule is CC.CCC.CCCCC(NC(=O)C(N)C(C)C)C(C)=O.[HH].[HH]. The Kier molecular flexibility index (Phi) is 20.5. The fourth-order valence-corrected chi connectivity index (χ4v) is 1.36. The molecule has 0 aliphatic heterocycles. The van der Waals surface area contributed by atoms with Crippen molar-refractivity contribution in [1.82, 2.24) is 5.32 Å². The summed E-state index contributed by atoms with van der Waals surface area (Å²) in [5.74, 6) is -0.150. The van der Waals surface area contributed by atoms with E-state index in [2.05, 4.69) is 26.1 Å². The topological polar surface area (TPSA) is 72.2 Å². The minimum atomic E-state index is -0.538. The predicted octanol–water partition coefficient (Wildman–Crippen LogP) is 4.17. The van der Waals surface area contributed by atoms with Gasteiger partial charge in [0.1, 0.15) is 0 Å². The third kappa shape index (κ3) is 15.3. The first-order chi connectivity index (χ1) is 9.81. The summed E-state index contributed by atoms with van der Waals surface area (Å²) in [6, 6.07) is -0.916. The summed E-state index contributed by atoms with van der Waals surface area (Å²) in [7, 11) is 0. The van der Waals surface area contributed by atoms with E-state index in [1.165, 1.54) is 13.3 Å². The van der Waals surface area contributed by atoms with Crippen molar-refractivity contribution in [2.24, 2.45) is 11.7 Å². The van der Waals surface area contributed by atoms with Crippen molar-refractivity contribution in [3.63, 3.8) is 0 Å². The number of amides is 1. The van der Waals surface area contributed by atoms with Crippen LogP contribution >= 0.6 is 0 Å². The summed E-state index contributed by atoms with van der Waals surface area (Å²) in [4.78, 5) is 23.0. The Hall–Kier alpha value is -0.900. The van der Waals surface area contributed by atoms with Gasteiger partial charge in [-0.2, -0.15) is 0 Å². The highest BCUT2D eigenvalue weighted by Crippen LogP contribution is 2.04. The zero-order chi connectivity index (χ0) is 17.4. The van der Waals surface area contributed by atoms with Gasteiger partial charge in [-0.1, -0.05) is 67.7 Å². The van der Waals surface area contributed by atoms with Crippen molar-refractivity contribution in [3.05, 3.63) is 0 Å². The number of rotatable bonds is 7. The molecule has 3 N–H and O–H groups in total. The van der Waals surface area contributed by atoms with E-state index in [4.69, 9.17) is 5.73 Å². The third-order valence-corrected chi connectivity index (χ3v) is 2.67. The van der Waals surface area contributed by atoms with Crippen LogP contribution in [0.25, 0.3) is 0 Å². The maximum absolute atomic E-state index is 11.7. The number of hydrogen-bond acceptors (Lipinski definition) is 3. The Morgan fingerprint density at radius 1 is 1.14 bits per heavy atom. The molecule has 0 aromatic carbocycles. The van der Waals surface area contributed by atoms with Crippen LogP contribution in [0.3, 0.4) is 0 Å². The number of nitrogens with one attached hydrogen (secondary N) is 1. The molecular formula is C17H42N2O2. The molecule has 2 atom stereocenters. The Labute approximate surface area is 135 Å². The number of carbonyl (C=O) groups excluding carboxylic acids is 2. The van der Waals surface area contributed by atoms with Crippen LogP contribution < -0.4 is 11.1 Å². The molecule has 4 nitrogen and oxygen atoms in total. The van der Waals surface area contributed by atoms with Gasteiger partial charge in [0.25, 0.3) is 0 Å². The van der Waals surface area contributed by atoms with Crippen molar-refractivity contribution in [2.75, 3.05) is 0 Å². The van der Waals surface area contributed by atoms with Gasteiger partial charge < -0.3 is 11.1 Å². The Balaban J connectivity index is -0.000000137. The van der Waals surface area contributed by atoms with Crippen molar-refractivity contribution in [2.45, 2.75) is 93.2 Å². The van der Waals surface area contributed by atoms with Crippen LogP contribution in [0.4, 0.5) is 0 Å². The van der Waals surface area contributed by atoms with Gasteiger partial charge >= 0.3 is 0 Å². The molecule has 0 aliphatic carbocycles. The highest BCUT2D eigenvalue weighted by molar-refractivity contribution is 5.89. The molecule has 0 fully saturated rings. The lowest BCUT2D eigenvalue weighted by Crippen LogP contribution is -2.49. The fourth-order valence-electron chi connectivity index (χ4n) is 1.36. The summed E-state index contributed by atoms with van der Waals surface area (Å²) < 4.78 is 0. The van der Waals surface area contributed by atoms with E-state index in [1.807, 2.05) is 27.7 Å². The van der Waals surface area contributed by atoms with Gasteiger partial charge in [0.05, 0.1) is 12.1 Å². The number of ketones is 1. The summed E-state index contributed by atoms with van der Waals surface area (Å²) in [5, 5.41) is 2.72. The molecule has 0 saturated heterocycles. The molecule has 0 spiro atoms. The zero-order valence-corrected chi connectivity index (χ0v) is 15.5. The van der Waals surface area contributed by atoms with Crippen LogP contribution in [-0.2, 0) is 9.59 Å². The van der Waals surface area contributed by atoms with E-state index in [0.29, 0.717) is 6.42 Å². The molecule has 21 heavy (non-hydrogen) atoms. The number of hydrogen-bond donors (Lipinski definition) is 2. The molecule has 0 radical (unpaired) electrons. The van der Waals surface area contributed by atoms with E-state index >= 15 is 0 Å². The van der Waals surface area contributed by atoms with Crippen molar-refractivity contribution >= 4 is 11.7 Å². The first-order valence-electron chi connectivity index (χ1n) is 8.38. The highest BCUT2D eigenvalue weighted by Gasteiger charge is 2.22. The van der Waals surface area contributed by atoms with Gasteiger partial charge in [0.15, 0.2) is 5.78 Å². The van der Waals surface area contributed by atoms with E-state index in [1.54, 1.807) is 0 Å². The molecule has 1 amide bonds. The normalized spacial score (nSPS) is 12.3. The number of carbonyl (C=O) groups is 2. The lowest BCUT2D eigenvalue weighted by atomic mass is 10.0. The summed E-state index contributed by atoms with van der Waals surface area (Å²) in [6.07, 6.45) is 3.89. The van der Waals surface area contributed by atoms with Crippen LogP contribution in [0.15, 0.2) is 0 Å². The van der Waals surface area contributed by atoms with Crippen LogP contribution in [-0.4, -0.2) is 23.8 Å². The van der Waals surface area contributed by atoms with Crippen LogP contribution in [0.5, 0.6) is 0 Å². The van der Waals surface area contributed by atoms with Gasteiger partial charge in [-0.3, -0.25) is 9.59 Å². The molecule has 2 unspecified atom stereocenters. The van der Waals surface area contributed by atoms with Gasteiger partial charge in [0.2, 0.25) is 5.91 Å². The van der Waals surface area contributed by atoms with Gasteiger partial charge in [-0.05, 0) is 19.3 Å². The van der Waals surface area contributed by atoms with Crippen LogP contribution in [0.1, 0.15) is 83.9 Å². The van der Waals surface area contributed by atoms with E-state index in [9.17, 15) is 9.59 Å². The standard InChI is InChI=1S/C12H24N2O2.C3H8.C2H6.2H2/c1-5-6-7-10(9(4)15)14-12(16)11(13)8(2)3;1-3-2;1-2;;/h8,10-11H,5-7,13H2,1-4H3,(H,14,16);3H2,1-2H3;1-2H3;2*1H. The van der Waals surface area contributed by atoms with E-state index < -0.39 is 6.04 Å². The van der Waals surface area contributed by atoms with Gasteiger partial charge in [0, 0.05) is 2.85 Å². The molecule has 4 heteroatoms. The second-order valence-corrected chi connectivity index (χ2v) is 5.29. The third-order valence-electron chi connectivity index (χ3n) is 2.67. The Bertz CT molecular complexity index is 263. The monoisotopic (exact) mass is 306 g/mol. The predicted molar refractivity (Wildman–Crippen MR) is 96.5 cm³/mol. The molecule has 0 bridgehead atoms. The summed E-state index contributed by atoms with van der Waals surface area (Å²) >= 11 is 0. The quantitative estimate of drug-likeness (QED) is 0.741. The van der Waals surface area contributed by atoms with Crippen LogP contribution in [0, 0.1) is 5.92 Å². The zero-order valence-electron chi connectivity index (χ0n) is 15.5. The maximum Gasteiger partial charge on any atom is 0.237 e. The minimum absolute atomic E-state index is 0. The molecule has 0 saturated carbocycles. The fraction of sp³-hybridized carbons (Fsp3) is 0.882. The molecule has 132 valence electrons.